The second kappa shape index (κ2) is 3.09. The Morgan fingerprint density at radius 1 is 1.64 bits per heavy atom. The van der Waals surface area contributed by atoms with Crippen LogP contribution in [0.25, 0.3) is 0 Å². The topological polar surface area (TPSA) is 35.5 Å². The van der Waals surface area contributed by atoms with E-state index in [0.29, 0.717) is 11.7 Å². The molecule has 2 heterocycles. The summed E-state index contributed by atoms with van der Waals surface area (Å²) < 4.78 is 11.1. The van der Waals surface area contributed by atoms with Crippen LogP contribution in [0.3, 0.4) is 0 Å². The van der Waals surface area contributed by atoms with Gasteiger partial charge in [-0.3, -0.25) is 0 Å². The van der Waals surface area contributed by atoms with Gasteiger partial charge in [0.05, 0.1) is 6.10 Å². The van der Waals surface area contributed by atoms with Crippen molar-refractivity contribution < 1.29 is 14.3 Å². The van der Waals surface area contributed by atoms with Crippen molar-refractivity contribution in [1.29, 1.82) is 0 Å². The van der Waals surface area contributed by atoms with Gasteiger partial charge in [-0.2, -0.15) is 0 Å². The molecule has 14 heavy (non-hydrogen) atoms. The lowest BCUT2D eigenvalue weighted by atomic mass is 9.87. The van der Waals surface area contributed by atoms with Crippen LogP contribution in [0.15, 0.2) is 12.2 Å². The summed E-state index contributed by atoms with van der Waals surface area (Å²) in [6.07, 6.45) is 3.15. The molecule has 2 fully saturated rings. The van der Waals surface area contributed by atoms with Crippen molar-refractivity contribution >= 4 is 5.97 Å². The zero-order valence-corrected chi connectivity index (χ0v) is 8.71. The normalized spacial score (nSPS) is 39.9. The quantitative estimate of drug-likeness (QED) is 0.499. The van der Waals surface area contributed by atoms with Gasteiger partial charge in [0.15, 0.2) is 0 Å². The van der Waals surface area contributed by atoms with E-state index in [4.69, 9.17) is 9.47 Å². The van der Waals surface area contributed by atoms with Crippen LogP contribution in [0.2, 0.25) is 0 Å². The van der Waals surface area contributed by atoms with Crippen molar-refractivity contribution in [3.63, 3.8) is 0 Å². The summed E-state index contributed by atoms with van der Waals surface area (Å²) in [6, 6.07) is 0. The van der Waals surface area contributed by atoms with Crippen molar-refractivity contribution in [2.24, 2.45) is 0 Å². The Morgan fingerprint density at radius 3 is 2.79 bits per heavy atom. The number of fused-ring (bicyclic) bond motifs is 2. The second-order valence-corrected chi connectivity index (χ2v) is 4.50. The molecule has 3 nitrogen and oxygen atoms in total. The molecular weight excluding hydrogens is 180 g/mol. The number of carbonyl (C=O) groups excluding carboxylic acids is 1. The first-order valence-electron chi connectivity index (χ1n) is 5.05. The maximum atomic E-state index is 11.3. The Balaban J connectivity index is 2.00. The van der Waals surface area contributed by atoms with Gasteiger partial charge < -0.3 is 9.47 Å². The minimum Gasteiger partial charge on any atom is -0.456 e. The highest BCUT2D eigenvalue weighted by Crippen LogP contribution is 2.44. The highest BCUT2D eigenvalue weighted by molar-refractivity contribution is 5.87. The molecule has 2 bridgehead atoms. The molecule has 2 rings (SSSR count). The van der Waals surface area contributed by atoms with Gasteiger partial charge in [-0.25, -0.2) is 4.79 Å². The Labute approximate surface area is 84.1 Å². The highest BCUT2D eigenvalue weighted by atomic mass is 16.6. The highest BCUT2D eigenvalue weighted by Gasteiger charge is 2.52. The van der Waals surface area contributed by atoms with Crippen molar-refractivity contribution in [3.05, 3.63) is 12.2 Å². The van der Waals surface area contributed by atoms with Crippen molar-refractivity contribution in [2.75, 3.05) is 0 Å². The number of hydrogen-bond acceptors (Lipinski definition) is 3. The second-order valence-electron chi connectivity index (χ2n) is 4.50. The van der Waals surface area contributed by atoms with E-state index >= 15 is 0 Å². The first-order chi connectivity index (χ1) is 6.51. The minimum absolute atomic E-state index is 0.0783. The smallest absolute Gasteiger partial charge is 0.333 e. The number of rotatable bonds is 2. The number of esters is 1. The van der Waals surface area contributed by atoms with E-state index in [0.717, 1.165) is 19.3 Å². The van der Waals surface area contributed by atoms with Crippen molar-refractivity contribution in [3.8, 4) is 0 Å². The Morgan fingerprint density at radius 2 is 2.36 bits per heavy atom. The van der Waals surface area contributed by atoms with Gasteiger partial charge in [-0.1, -0.05) is 6.58 Å². The lowest BCUT2D eigenvalue weighted by molar-refractivity contribution is -0.151. The molecule has 2 saturated heterocycles. The standard InChI is InChI=1S/C11H16O3/c1-7(2)10(12)13-9-6-8-4-5-11(9,3)14-8/h8-9H,1,4-6H2,2-3H3. The van der Waals surface area contributed by atoms with E-state index in [9.17, 15) is 4.79 Å². The van der Waals surface area contributed by atoms with E-state index in [1.165, 1.54) is 0 Å². The Hall–Kier alpha value is -0.830. The summed E-state index contributed by atoms with van der Waals surface area (Å²) in [5, 5.41) is 0. The third-order valence-corrected chi connectivity index (χ3v) is 3.15. The van der Waals surface area contributed by atoms with Gasteiger partial charge in [-0.05, 0) is 26.7 Å². The molecule has 3 heteroatoms. The summed E-state index contributed by atoms with van der Waals surface area (Å²) >= 11 is 0. The van der Waals surface area contributed by atoms with Crippen LogP contribution < -0.4 is 0 Å². The third-order valence-electron chi connectivity index (χ3n) is 3.15. The molecule has 0 N–H and O–H groups in total. The fraction of sp³-hybridized carbons (Fsp3) is 0.727. The average molecular weight is 196 g/mol. The van der Waals surface area contributed by atoms with E-state index in [1.807, 2.05) is 6.92 Å². The molecule has 78 valence electrons. The van der Waals surface area contributed by atoms with Crippen LogP contribution >= 0.6 is 0 Å². The van der Waals surface area contributed by atoms with Gasteiger partial charge in [0.1, 0.15) is 11.7 Å². The van der Waals surface area contributed by atoms with E-state index < -0.39 is 0 Å². The van der Waals surface area contributed by atoms with Gasteiger partial charge in [0.25, 0.3) is 0 Å². The average Bonchev–Trinajstić information content (AvgIpc) is 2.59. The van der Waals surface area contributed by atoms with Gasteiger partial charge >= 0.3 is 5.97 Å². The molecule has 2 aliphatic heterocycles. The lowest BCUT2D eigenvalue weighted by Crippen LogP contribution is -2.38. The van der Waals surface area contributed by atoms with E-state index in [2.05, 4.69) is 6.58 Å². The molecule has 0 radical (unpaired) electrons. The fourth-order valence-corrected chi connectivity index (χ4v) is 2.24. The Kier molecular flexibility index (Phi) is 2.14. The first kappa shape index (κ1) is 9.71. The number of ether oxygens (including phenoxy) is 2. The van der Waals surface area contributed by atoms with Crippen LogP contribution in [0.5, 0.6) is 0 Å². The molecule has 3 unspecified atom stereocenters. The maximum absolute atomic E-state index is 11.3. The first-order valence-corrected chi connectivity index (χ1v) is 5.05. The monoisotopic (exact) mass is 196 g/mol. The number of hydrogen-bond donors (Lipinski definition) is 0. The molecule has 0 spiro atoms. The van der Waals surface area contributed by atoms with Crippen molar-refractivity contribution in [1.82, 2.24) is 0 Å². The zero-order chi connectivity index (χ0) is 10.3. The predicted molar refractivity (Wildman–Crippen MR) is 51.8 cm³/mol. The van der Waals surface area contributed by atoms with Crippen LogP contribution in [-0.4, -0.2) is 23.8 Å². The fourth-order valence-electron chi connectivity index (χ4n) is 2.24. The predicted octanol–water partition coefficient (Wildman–Crippen LogP) is 1.82. The SMILES string of the molecule is C=C(C)C(=O)OC1CC2CCC1(C)O2. The summed E-state index contributed by atoms with van der Waals surface area (Å²) in [4.78, 5) is 11.3. The molecule has 0 amide bonds. The Bertz CT molecular complexity index is 284. The van der Waals surface area contributed by atoms with Crippen LogP contribution in [0.1, 0.15) is 33.1 Å². The molecule has 0 aromatic carbocycles. The number of carbonyl (C=O) groups is 1. The molecule has 0 aliphatic carbocycles. The summed E-state index contributed by atoms with van der Waals surface area (Å²) in [7, 11) is 0. The zero-order valence-electron chi connectivity index (χ0n) is 8.71. The van der Waals surface area contributed by atoms with E-state index in [1.54, 1.807) is 6.92 Å². The van der Waals surface area contributed by atoms with Crippen LogP contribution in [0.4, 0.5) is 0 Å². The van der Waals surface area contributed by atoms with Gasteiger partial charge in [0.2, 0.25) is 0 Å². The van der Waals surface area contributed by atoms with Crippen LogP contribution in [-0.2, 0) is 14.3 Å². The summed E-state index contributed by atoms with van der Waals surface area (Å²) in [5.41, 5.74) is 0.215. The molecule has 0 aromatic heterocycles. The summed E-state index contributed by atoms with van der Waals surface area (Å²) in [6.45, 7) is 7.26. The summed E-state index contributed by atoms with van der Waals surface area (Å²) in [5.74, 6) is -0.299. The maximum Gasteiger partial charge on any atom is 0.333 e. The lowest BCUT2D eigenvalue weighted by Gasteiger charge is -2.28. The van der Waals surface area contributed by atoms with Gasteiger partial charge in [-0.15, -0.1) is 0 Å². The van der Waals surface area contributed by atoms with Crippen molar-refractivity contribution in [2.45, 2.75) is 50.9 Å². The molecule has 0 aromatic rings. The minimum atomic E-state index is -0.299. The van der Waals surface area contributed by atoms with Crippen LogP contribution in [0, 0.1) is 0 Å². The molecule has 3 atom stereocenters. The van der Waals surface area contributed by atoms with Gasteiger partial charge in [0, 0.05) is 12.0 Å². The molecule has 0 saturated carbocycles. The largest absolute Gasteiger partial charge is 0.456 e. The molecule has 2 aliphatic rings. The molecular formula is C11H16O3. The van der Waals surface area contributed by atoms with E-state index in [-0.39, 0.29) is 17.7 Å². The third kappa shape index (κ3) is 1.46.